The van der Waals surface area contributed by atoms with Crippen molar-refractivity contribution in [2.45, 2.75) is 25.8 Å². The second-order valence-electron chi connectivity index (χ2n) is 2.33. The highest BCUT2D eigenvalue weighted by Crippen LogP contribution is 2.18. The monoisotopic (exact) mass is 172 g/mol. The number of nitrogens with zero attached hydrogens (tertiary/aromatic N) is 2. The number of aromatic nitrogens is 2. The maximum absolute atomic E-state index is 5.35. The van der Waals surface area contributed by atoms with Gasteiger partial charge in [0.25, 0.3) is 0 Å². The van der Waals surface area contributed by atoms with E-state index >= 15 is 0 Å². The summed E-state index contributed by atoms with van der Waals surface area (Å²) < 4.78 is 3.77. The fraction of sp³-hybridized carbons (Fsp3) is 0.667. The average molecular weight is 172 g/mol. The van der Waals surface area contributed by atoms with Crippen molar-refractivity contribution in [3.8, 4) is 0 Å². The summed E-state index contributed by atoms with van der Waals surface area (Å²) >= 11 is 1.39. The summed E-state index contributed by atoms with van der Waals surface area (Å²) in [5, 5.41) is 3.75. The van der Waals surface area contributed by atoms with Crippen molar-refractivity contribution in [1.29, 1.82) is 0 Å². The summed E-state index contributed by atoms with van der Waals surface area (Å²) in [7, 11) is 0. The molecular formula is C6H12N4S. The molecule has 1 heterocycles. The second kappa shape index (κ2) is 4.38. The molecule has 0 radical (unpaired) electrons. The predicted molar refractivity (Wildman–Crippen MR) is 44.9 cm³/mol. The molecule has 0 aliphatic rings. The molecule has 3 N–H and O–H groups in total. The van der Waals surface area contributed by atoms with Gasteiger partial charge >= 0.3 is 0 Å². The van der Waals surface area contributed by atoms with E-state index in [1.165, 1.54) is 11.5 Å². The summed E-state index contributed by atoms with van der Waals surface area (Å²) in [5.41, 5.74) is 2.74. The van der Waals surface area contributed by atoms with E-state index in [2.05, 4.69) is 21.9 Å². The molecule has 1 unspecified atom stereocenters. The summed E-state index contributed by atoms with van der Waals surface area (Å²) in [5.74, 6) is 5.35. The summed E-state index contributed by atoms with van der Waals surface area (Å²) in [6.07, 6.45) is 3.89. The molecule has 62 valence electrons. The van der Waals surface area contributed by atoms with Crippen LogP contribution in [0.4, 0.5) is 0 Å². The van der Waals surface area contributed by atoms with Gasteiger partial charge in [-0.25, -0.2) is 0 Å². The highest BCUT2D eigenvalue weighted by molar-refractivity contribution is 7.05. The lowest BCUT2D eigenvalue weighted by Crippen LogP contribution is -2.27. The largest absolute Gasteiger partial charge is 0.271 e. The van der Waals surface area contributed by atoms with Crippen molar-refractivity contribution < 1.29 is 0 Å². The van der Waals surface area contributed by atoms with Crippen LogP contribution in [0.1, 0.15) is 30.7 Å². The van der Waals surface area contributed by atoms with Gasteiger partial charge in [-0.15, -0.1) is 5.10 Å². The standard InChI is InChI=1S/C6H12N4S/c1-2-3-5(9-7)6-4-8-10-11-6/h4-5,9H,2-3,7H2,1H3. The van der Waals surface area contributed by atoms with Crippen LogP contribution in [-0.2, 0) is 0 Å². The molecule has 0 aromatic carbocycles. The molecule has 1 aromatic heterocycles. The Morgan fingerprint density at radius 3 is 3.09 bits per heavy atom. The van der Waals surface area contributed by atoms with Crippen LogP contribution >= 0.6 is 11.5 Å². The van der Waals surface area contributed by atoms with E-state index in [0.29, 0.717) is 0 Å². The van der Waals surface area contributed by atoms with E-state index in [0.717, 1.165) is 17.7 Å². The lowest BCUT2D eigenvalue weighted by atomic mass is 10.1. The van der Waals surface area contributed by atoms with Crippen molar-refractivity contribution in [3.63, 3.8) is 0 Å². The summed E-state index contributed by atoms with van der Waals surface area (Å²) in [4.78, 5) is 1.11. The number of rotatable bonds is 4. The van der Waals surface area contributed by atoms with Gasteiger partial charge in [0.05, 0.1) is 17.1 Å². The third-order valence-corrected chi connectivity index (χ3v) is 2.28. The first-order valence-corrected chi connectivity index (χ1v) is 4.39. The Hall–Kier alpha value is -0.520. The Kier molecular flexibility index (Phi) is 3.41. The topological polar surface area (TPSA) is 63.8 Å². The van der Waals surface area contributed by atoms with E-state index < -0.39 is 0 Å². The lowest BCUT2D eigenvalue weighted by molar-refractivity contribution is 0.517. The molecule has 0 amide bonds. The quantitative estimate of drug-likeness (QED) is 0.522. The molecule has 0 aliphatic heterocycles. The SMILES string of the molecule is CCCC(NN)c1cnns1. The maximum Gasteiger partial charge on any atom is 0.0669 e. The second-order valence-corrected chi connectivity index (χ2v) is 3.15. The van der Waals surface area contributed by atoms with E-state index in [4.69, 9.17) is 5.84 Å². The summed E-state index contributed by atoms with van der Waals surface area (Å²) in [6.45, 7) is 2.12. The van der Waals surface area contributed by atoms with Crippen molar-refractivity contribution in [2.24, 2.45) is 5.84 Å². The fourth-order valence-corrected chi connectivity index (χ4v) is 1.52. The molecule has 5 heteroatoms. The third kappa shape index (κ3) is 2.21. The Balaban J connectivity index is 2.56. The zero-order chi connectivity index (χ0) is 8.10. The molecule has 4 nitrogen and oxygen atoms in total. The number of hydrogen-bond donors (Lipinski definition) is 2. The van der Waals surface area contributed by atoms with Gasteiger partial charge in [-0.05, 0) is 18.0 Å². The van der Waals surface area contributed by atoms with Crippen LogP contribution in [0.3, 0.4) is 0 Å². The molecule has 11 heavy (non-hydrogen) atoms. The minimum Gasteiger partial charge on any atom is -0.271 e. The molecule has 0 bridgehead atoms. The van der Waals surface area contributed by atoms with Crippen LogP contribution in [0, 0.1) is 0 Å². The number of nitrogens with two attached hydrogens (primary N) is 1. The zero-order valence-electron chi connectivity index (χ0n) is 6.45. The van der Waals surface area contributed by atoms with Gasteiger partial charge in [-0.2, -0.15) is 0 Å². The van der Waals surface area contributed by atoms with Crippen molar-refractivity contribution >= 4 is 11.5 Å². The highest BCUT2D eigenvalue weighted by atomic mass is 32.1. The van der Waals surface area contributed by atoms with Gasteiger partial charge in [-0.3, -0.25) is 11.3 Å². The van der Waals surface area contributed by atoms with Gasteiger partial charge in [0.15, 0.2) is 0 Å². The average Bonchev–Trinajstić information content (AvgIpc) is 2.52. The number of hydrogen-bond acceptors (Lipinski definition) is 5. The maximum atomic E-state index is 5.35. The van der Waals surface area contributed by atoms with Crippen LogP contribution < -0.4 is 11.3 Å². The van der Waals surface area contributed by atoms with Gasteiger partial charge < -0.3 is 0 Å². The minimum atomic E-state index is 0.222. The van der Waals surface area contributed by atoms with Crippen LogP contribution in [0.15, 0.2) is 6.20 Å². The Labute approximate surface area is 69.9 Å². The Morgan fingerprint density at radius 2 is 2.64 bits per heavy atom. The van der Waals surface area contributed by atoms with Crippen LogP contribution in [-0.4, -0.2) is 9.59 Å². The van der Waals surface area contributed by atoms with Gasteiger partial charge in [-0.1, -0.05) is 17.8 Å². The molecule has 0 fully saturated rings. The first kappa shape index (κ1) is 8.58. The first-order chi connectivity index (χ1) is 5.38. The molecule has 1 aromatic rings. The van der Waals surface area contributed by atoms with E-state index in [1.807, 2.05) is 0 Å². The fourth-order valence-electron chi connectivity index (χ4n) is 0.925. The Morgan fingerprint density at radius 1 is 1.82 bits per heavy atom. The van der Waals surface area contributed by atoms with Crippen LogP contribution in [0.2, 0.25) is 0 Å². The predicted octanol–water partition coefficient (Wildman–Crippen LogP) is 0.843. The summed E-state index contributed by atoms with van der Waals surface area (Å²) in [6, 6.07) is 0.222. The smallest absolute Gasteiger partial charge is 0.0669 e. The first-order valence-electron chi connectivity index (χ1n) is 3.61. The number of hydrazine groups is 1. The van der Waals surface area contributed by atoms with Crippen LogP contribution in [0.5, 0.6) is 0 Å². The molecule has 0 spiro atoms. The van der Waals surface area contributed by atoms with Gasteiger partial charge in [0, 0.05) is 0 Å². The Bertz CT molecular complexity index is 186. The van der Waals surface area contributed by atoms with Crippen molar-refractivity contribution in [2.75, 3.05) is 0 Å². The normalized spacial score (nSPS) is 13.3. The lowest BCUT2D eigenvalue weighted by Gasteiger charge is -2.10. The van der Waals surface area contributed by atoms with E-state index in [-0.39, 0.29) is 6.04 Å². The molecule has 0 saturated heterocycles. The van der Waals surface area contributed by atoms with Crippen molar-refractivity contribution in [3.05, 3.63) is 11.1 Å². The number of nitrogens with one attached hydrogen (secondary N) is 1. The molecular weight excluding hydrogens is 160 g/mol. The van der Waals surface area contributed by atoms with Crippen molar-refractivity contribution in [1.82, 2.24) is 15.0 Å². The molecule has 1 atom stereocenters. The molecule has 0 aliphatic carbocycles. The van der Waals surface area contributed by atoms with E-state index in [9.17, 15) is 0 Å². The van der Waals surface area contributed by atoms with Gasteiger partial charge in [0.1, 0.15) is 0 Å². The third-order valence-electron chi connectivity index (χ3n) is 1.50. The van der Waals surface area contributed by atoms with E-state index in [1.54, 1.807) is 6.20 Å². The minimum absolute atomic E-state index is 0.222. The molecule has 1 rings (SSSR count). The molecule has 0 saturated carbocycles. The van der Waals surface area contributed by atoms with Crippen LogP contribution in [0.25, 0.3) is 0 Å². The zero-order valence-corrected chi connectivity index (χ0v) is 7.27. The van der Waals surface area contributed by atoms with Gasteiger partial charge in [0.2, 0.25) is 0 Å². The highest BCUT2D eigenvalue weighted by Gasteiger charge is 2.09.